The normalized spacial score (nSPS) is 11.2. The van der Waals surface area contributed by atoms with Gasteiger partial charge < -0.3 is 9.32 Å². The van der Waals surface area contributed by atoms with Crippen molar-refractivity contribution < 1.29 is 9.21 Å². The second kappa shape index (κ2) is 8.20. The summed E-state index contributed by atoms with van der Waals surface area (Å²) in [6.45, 7) is 0. The van der Waals surface area contributed by atoms with Crippen LogP contribution in [0.15, 0.2) is 95.3 Å². The first kappa shape index (κ1) is 20.3. The number of aromatic nitrogens is 3. The highest BCUT2D eigenvalue weighted by molar-refractivity contribution is 7.16. The fourth-order valence-corrected chi connectivity index (χ4v) is 4.68. The Morgan fingerprint density at radius 3 is 2.68 bits per heavy atom. The summed E-state index contributed by atoms with van der Waals surface area (Å²) in [4.78, 5) is 28.7. The molecule has 2 aromatic carbocycles. The van der Waals surface area contributed by atoms with Gasteiger partial charge in [0.1, 0.15) is 5.69 Å². The molecule has 7 heteroatoms. The van der Waals surface area contributed by atoms with Crippen LogP contribution in [0.5, 0.6) is 0 Å². The number of nitrogens with zero attached hydrogens (tertiary/aromatic N) is 4. The van der Waals surface area contributed by atoms with E-state index in [2.05, 4.69) is 28.2 Å². The molecule has 0 atom stereocenters. The minimum absolute atomic E-state index is 0.152. The number of thiazole rings is 1. The summed E-state index contributed by atoms with van der Waals surface area (Å²) in [5.41, 5.74) is 7.41. The van der Waals surface area contributed by atoms with Gasteiger partial charge in [0, 0.05) is 18.6 Å². The number of hydrogen-bond donors (Lipinski definition) is 0. The van der Waals surface area contributed by atoms with E-state index < -0.39 is 0 Å². The van der Waals surface area contributed by atoms with E-state index in [0.29, 0.717) is 22.7 Å². The van der Waals surface area contributed by atoms with E-state index in [4.69, 9.17) is 9.40 Å². The summed E-state index contributed by atoms with van der Waals surface area (Å²) in [6.07, 6.45) is 4.95. The molecule has 4 aromatic heterocycles. The summed E-state index contributed by atoms with van der Waals surface area (Å²) in [6, 6.07) is 21.3. The lowest BCUT2D eigenvalue weighted by Crippen LogP contribution is -2.26. The van der Waals surface area contributed by atoms with Gasteiger partial charge >= 0.3 is 0 Å². The van der Waals surface area contributed by atoms with E-state index in [-0.39, 0.29) is 5.91 Å². The van der Waals surface area contributed by atoms with Crippen molar-refractivity contribution in [2.75, 3.05) is 11.9 Å². The quantitative estimate of drug-likeness (QED) is 0.301. The molecule has 6 aromatic rings. The third-order valence-electron chi connectivity index (χ3n) is 5.81. The van der Waals surface area contributed by atoms with Gasteiger partial charge in [-0.15, -0.1) is 11.3 Å². The van der Waals surface area contributed by atoms with Crippen molar-refractivity contribution in [3.8, 4) is 22.6 Å². The number of anilines is 1. The van der Waals surface area contributed by atoms with Crippen LogP contribution in [0.1, 0.15) is 10.4 Å². The van der Waals surface area contributed by atoms with Crippen LogP contribution in [-0.2, 0) is 0 Å². The van der Waals surface area contributed by atoms with Crippen LogP contribution < -0.4 is 4.90 Å². The van der Waals surface area contributed by atoms with Gasteiger partial charge in [-0.1, -0.05) is 12.1 Å². The van der Waals surface area contributed by atoms with Crippen molar-refractivity contribution >= 4 is 44.1 Å². The predicted octanol–water partition coefficient (Wildman–Crippen LogP) is 6.44. The number of rotatable bonds is 4. The standard InChI is InChI=1S/C27H18N4O2S/c1-31(19-4-2-10-28-15-19)27(32)21-14-23(25-5-3-11-33-25)30-22-8-6-17(12-20(21)22)18-7-9-26-24(13-18)29-16-34-26/h2-16H,1H3. The highest BCUT2D eigenvalue weighted by atomic mass is 32.1. The molecule has 34 heavy (non-hydrogen) atoms. The maximum Gasteiger partial charge on any atom is 0.258 e. The van der Waals surface area contributed by atoms with Gasteiger partial charge in [0.2, 0.25) is 0 Å². The number of fused-ring (bicyclic) bond motifs is 2. The van der Waals surface area contributed by atoms with E-state index in [9.17, 15) is 4.79 Å². The Labute approximate surface area is 199 Å². The number of hydrogen-bond acceptors (Lipinski definition) is 6. The Morgan fingerprint density at radius 2 is 1.85 bits per heavy atom. The fraction of sp³-hybridized carbons (Fsp3) is 0.0370. The SMILES string of the molecule is CN(C(=O)c1cc(-c2ccco2)nc2ccc(-c3ccc4scnc4c3)cc12)c1cccnc1. The zero-order chi connectivity index (χ0) is 23.1. The smallest absolute Gasteiger partial charge is 0.258 e. The molecule has 0 aliphatic carbocycles. The summed E-state index contributed by atoms with van der Waals surface area (Å²) < 4.78 is 6.71. The van der Waals surface area contributed by atoms with Crippen molar-refractivity contribution in [1.29, 1.82) is 0 Å². The highest BCUT2D eigenvalue weighted by Crippen LogP contribution is 2.32. The Balaban J connectivity index is 1.53. The molecule has 6 nitrogen and oxygen atoms in total. The average Bonchev–Trinajstić information content (AvgIpc) is 3.59. The first-order chi connectivity index (χ1) is 16.7. The first-order valence-electron chi connectivity index (χ1n) is 10.7. The Kier molecular flexibility index (Phi) is 4.89. The second-order valence-corrected chi connectivity index (χ2v) is 8.76. The third kappa shape index (κ3) is 3.52. The van der Waals surface area contributed by atoms with E-state index in [1.165, 1.54) is 0 Å². The molecule has 0 unspecified atom stereocenters. The molecule has 0 fully saturated rings. The number of benzene rings is 2. The summed E-state index contributed by atoms with van der Waals surface area (Å²) in [7, 11) is 1.75. The van der Waals surface area contributed by atoms with E-state index >= 15 is 0 Å². The van der Waals surface area contributed by atoms with Gasteiger partial charge in [-0.25, -0.2) is 9.97 Å². The number of furan rings is 1. The van der Waals surface area contributed by atoms with E-state index in [0.717, 1.165) is 32.2 Å². The lowest BCUT2D eigenvalue weighted by Gasteiger charge is -2.18. The molecule has 0 N–H and O–H groups in total. The first-order valence-corrected chi connectivity index (χ1v) is 11.6. The molecule has 0 radical (unpaired) electrons. The number of pyridine rings is 2. The van der Waals surface area contributed by atoms with Crippen molar-refractivity contribution in [3.05, 3.63) is 96.5 Å². The lowest BCUT2D eigenvalue weighted by atomic mass is 9.99. The number of carbonyl (C=O) groups excluding carboxylic acids is 1. The molecule has 164 valence electrons. The molecular weight excluding hydrogens is 444 g/mol. The molecule has 0 aliphatic rings. The van der Waals surface area contributed by atoms with Crippen molar-refractivity contribution in [2.24, 2.45) is 0 Å². The number of carbonyl (C=O) groups is 1. The minimum atomic E-state index is -0.152. The molecule has 1 amide bonds. The second-order valence-electron chi connectivity index (χ2n) is 7.87. The average molecular weight is 463 g/mol. The van der Waals surface area contributed by atoms with Crippen molar-refractivity contribution in [1.82, 2.24) is 15.0 Å². The zero-order valence-electron chi connectivity index (χ0n) is 18.2. The van der Waals surface area contributed by atoms with E-state index in [1.807, 2.05) is 48.0 Å². The van der Waals surface area contributed by atoms with Gasteiger partial charge in [-0.05, 0) is 65.7 Å². The molecular formula is C27H18N4O2S. The van der Waals surface area contributed by atoms with Gasteiger partial charge in [0.25, 0.3) is 5.91 Å². The Hall–Kier alpha value is -4.36. The third-order valence-corrected chi connectivity index (χ3v) is 6.62. The van der Waals surface area contributed by atoms with Crippen molar-refractivity contribution in [3.63, 3.8) is 0 Å². The molecule has 0 saturated heterocycles. The van der Waals surface area contributed by atoms with E-state index in [1.54, 1.807) is 48.0 Å². The molecule has 0 bridgehead atoms. The summed E-state index contributed by atoms with van der Waals surface area (Å²) in [5, 5.41) is 0.770. The summed E-state index contributed by atoms with van der Waals surface area (Å²) >= 11 is 1.62. The molecule has 6 rings (SSSR count). The van der Waals surface area contributed by atoms with Gasteiger partial charge in [-0.2, -0.15) is 0 Å². The Bertz CT molecular complexity index is 1640. The topological polar surface area (TPSA) is 72.1 Å². The summed E-state index contributed by atoms with van der Waals surface area (Å²) in [5.74, 6) is 0.457. The maximum atomic E-state index is 13.7. The van der Waals surface area contributed by atoms with Gasteiger partial charge in [0.05, 0.1) is 45.0 Å². The monoisotopic (exact) mass is 462 g/mol. The van der Waals surface area contributed by atoms with Crippen LogP contribution in [-0.4, -0.2) is 27.9 Å². The van der Waals surface area contributed by atoms with Gasteiger partial charge in [0.15, 0.2) is 5.76 Å². The van der Waals surface area contributed by atoms with Crippen molar-refractivity contribution in [2.45, 2.75) is 0 Å². The molecule has 0 saturated carbocycles. The zero-order valence-corrected chi connectivity index (χ0v) is 19.0. The van der Waals surface area contributed by atoms with Crippen LogP contribution in [0.25, 0.3) is 43.7 Å². The molecule has 4 heterocycles. The van der Waals surface area contributed by atoms with Crippen LogP contribution in [0.2, 0.25) is 0 Å². The van der Waals surface area contributed by atoms with Gasteiger partial charge in [-0.3, -0.25) is 9.78 Å². The molecule has 0 spiro atoms. The Morgan fingerprint density at radius 1 is 0.971 bits per heavy atom. The predicted molar refractivity (Wildman–Crippen MR) is 135 cm³/mol. The van der Waals surface area contributed by atoms with Crippen LogP contribution in [0.3, 0.4) is 0 Å². The fourth-order valence-electron chi connectivity index (χ4n) is 4.02. The van der Waals surface area contributed by atoms with Crippen LogP contribution in [0.4, 0.5) is 5.69 Å². The molecule has 0 aliphatic heterocycles. The minimum Gasteiger partial charge on any atom is -0.463 e. The highest BCUT2D eigenvalue weighted by Gasteiger charge is 2.20. The van der Waals surface area contributed by atoms with Crippen LogP contribution in [0, 0.1) is 0 Å². The number of amides is 1. The lowest BCUT2D eigenvalue weighted by molar-refractivity contribution is 0.0994. The maximum absolute atomic E-state index is 13.7. The van der Waals surface area contributed by atoms with Crippen LogP contribution >= 0.6 is 11.3 Å². The largest absolute Gasteiger partial charge is 0.463 e.